The van der Waals surface area contributed by atoms with E-state index in [9.17, 15) is 18.3 Å². The van der Waals surface area contributed by atoms with Crippen LogP contribution in [0.25, 0.3) is 0 Å². The fraction of sp³-hybridized carbons (Fsp3) is 1.00. The van der Waals surface area contributed by atoms with E-state index in [4.69, 9.17) is 5.73 Å². The van der Waals surface area contributed by atoms with Gasteiger partial charge in [0.1, 0.15) is 0 Å². The zero-order valence-electron chi connectivity index (χ0n) is 10.3. The molecule has 102 valence electrons. The van der Waals surface area contributed by atoms with Crippen molar-refractivity contribution in [3.8, 4) is 0 Å². The van der Waals surface area contributed by atoms with Crippen LogP contribution in [0.3, 0.4) is 0 Å². The molecule has 1 aliphatic rings. The van der Waals surface area contributed by atoms with Crippen LogP contribution < -0.4 is 5.73 Å². The van der Waals surface area contributed by atoms with Crippen molar-refractivity contribution in [3.63, 3.8) is 0 Å². The Balaban J connectivity index is 2.58. The number of halogens is 3. The van der Waals surface area contributed by atoms with Gasteiger partial charge in [-0.1, -0.05) is 0 Å². The van der Waals surface area contributed by atoms with Gasteiger partial charge in [0.2, 0.25) is 0 Å². The highest BCUT2D eigenvalue weighted by Gasteiger charge is 2.41. The van der Waals surface area contributed by atoms with Gasteiger partial charge in [-0.15, -0.1) is 0 Å². The molecule has 2 atom stereocenters. The van der Waals surface area contributed by atoms with Crippen molar-refractivity contribution in [2.45, 2.75) is 57.0 Å². The summed E-state index contributed by atoms with van der Waals surface area (Å²) >= 11 is 0. The van der Waals surface area contributed by atoms with Crippen LogP contribution in [0.4, 0.5) is 13.2 Å². The van der Waals surface area contributed by atoms with Crippen LogP contribution in [0.15, 0.2) is 0 Å². The second-order valence-electron chi connectivity index (χ2n) is 5.27. The van der Waals surface area contributed by atoms with Gasteiger partial charge >= 0.3 is 6.18 Å². The first-order chi connectivity index (χ1) is 7.64. The first-order valence-electron chi connectivity index (χ1n) is 5.89. The molecule has 0 aromatic heterocycles. The molecular weight excluding hydrogens is 233 g/mol. The molecule has 0 aromatic carbocycles. The van der Waals surface area contributed by atoms with Gasteiger partial charge in [-0.2, -0.15) is 13.2 Å². The highest BCUT2D eigenvalue weighted by atomic mass is 19.4. The number of alkyl halides is 3. The number of aliphatic hydroxyl groups is 1. The quantitative estimate of drug-likeness (QED) is 0.755. The average Bonchev–Trinajstić information content (AvgIpc) is 2.95. The van der Waals surface area contributed by atoms with Gasteiger partial charge < -0.3 is 10.8 Å². The Bertz CT molecular complexity index is 252. The van der Waals surface area contributed by atoms with E-state index in [0.717, 1.165) is 12.8 Å². The fourth-order valence-corrected chi connectivity index (χ4v) is 2.10. The van der Waals surface area contributed by atoms with Crippen molar-refractivity contribution >= 4 is 0 Å². The summed E-state index contributed by atoms with van der Waals surface area (Å²) in [6, 6.07) is -0.303. The van der Waals surface area contributed by atoms with Crippen LogP contribution in [-0.4, -0.2) is 47.0 Å². The highest BCUT2D eigenvalue weighted by Crippen LogP contribution is 2.33. The number of nitrogens with zero attached hydrogens (tertiary/aromatic N) is 1. The van der Waals surface area contributed by atoms with Gasteiger partial charge in [0.05, 0.1) is 12.1 Å². The molecule has 0 heterocycles. The SMILES string of the molecule is CC(CC(C)(O)CN)N(CC(F)(F)F)C1CC1. The zero-order valence-corrected chi connectivity index (χ0v) is 10.3. The van der Waals surface area contributed by atoms with Crippen LogP contribution in [0.1, 0.15) is 33.1 Å². The lowest BCUT2D eigenvalue weighted by Gasteiger charge is -2.34. The van der Waals surface area contributed by atoms with Crippen LogP contribution in [0.2, 0.25) is 0 Å². The maximum absolute atomic E-state index is 12.4. The Morgan fingerprint density at radius 3 is 2.29 bits per heavy atom. The third kappa shape index (κ3) is 5.23. The van der Waals surface area contributed by atoms with Gasteiger partial charge in [0.15, 0.2) is 0 Å². The molecular formula is C11H21F3N2O. The van der Waals surface area contributed by atoms with Crippen LogP contribution in [0.5, 0.6) is 0 Å². The van der Waals surface area contributed by atoms with Gasteiger partial charge in [-0.05, 0) is 33.1 Å². The lowest BCUT2D eigenvalue weighted by atomic mass is 9.97. The summed E-state index contributed by atoms with van der Waals surface area (Å²) < 4.78 is 37.3. The minimum atomic E-state index is -4.19. The summed E-state index contributed by atoms with van der Waals surface area (Å²) in [7, 11) is 0. The highest BCUT2D eigenvalue weighted by molar-refractivity contribution is 4.91. The van der Waals surface area contributed by atoms with Crippen LogP contribution >= 0.6 is 0 Å². The minimum absolute atomic E-state index is 0.0141. The van der Waals surface area contributed by atoms with Gasteiger partial charge in [0.25, 0.3) is 0 Å². The molecule has 0 bridgehead atoms. The molecule has 3 N–H and O–H groups in total. The van der Waals surface area contributed by atoms with Crippen LogP contribution in [-0.2, 0) is 0 Å². The number of hydrogen-bond acceptors (Lipinski definition) is 3. The summed E-state index contributed by atoms with van der Waals surface area (Å²) in [5.41, 5.74) is 4.28. The Morgan fingerprint density at radius 2 is 1.94 bits per heavy atom. The standard InChI is InChI=1S/C11H21F3N2O/c1-8(5-10(2,17)6-15)16(9-3-4-9)7-11(12,13)14/h8-9,17H,3-7,15H2,1-2H3. The van der Waals surface area contributed by atoms with Crippen molar-refractivity contribution in [3.05, 3.63) is 0 Å². The topological polar surface area (TPSA) is 49.5 Å². The van der Waals surface area contributed by atoms with Gasteiger partial charge in [-0.3, -0.25) is 4.90 Å². The number of rotatable bonds is 6. The van der Waals surface area contributed by atoms with E-state index >= 15 is 0 Å². The van der Waals surface area contributed by atoms with Crippen LogP contribution in [0, 0.1) is 0 Å². The molecule has 0 spiro atoms. The Morgan fingerprint density at radius 1 is 1.41 bits per heavy atom. The van der Waals surface area contributed by atoms with Gasteiger partial charge in [0, 0.05) is 18.6 Å². The molecule has 1 fully saturated rings. The van der Waals surface area contributed by atoms with E-state index in [1.54, 1.807) is 13.8 Å². The van der Waals surface area contributed by atoms with Gasteiger partial charge in [-0.25, -0.2) is 0 Å². The number of hydrogen-bond donors (Lipinski definition) is 2. The smallest absolute Gasteiger partial charge is 0.389 e. The molecule has 17 heavy (non-hydrogen) atoms. The fourth-order valence-electron chi connectivity index (χ4n) is 2.10. The molecule has 3 nitrogen and oxygen atoms in total. The molecule has 0 radical (unpaired) electrons. The Kier molecular flexibility index (Phi) is 4.43. The lowest BCUT2D eigenvalue weighted by Crippen LogP contribution is -2.47. The molecule has 6 heteroatoms. The van der Waals surface area contributed by atoms with E-state index in [2.05, 4.69) is 0 Å². The largest absolute Gasteiger partial charge is 0.401 e. The Hall–Kier alpha value is -0.330. The first-order valence-corrected chi connectivity index (χ1v) is 5.89. The molecule has 1 saturated carbocycles. The molecule has 0 saturated heterocycles. The van der Waals surface area contributed by atoms with E-state index in [0.29, 0.717) is 0 Å². The van der Waals surface area contributed by atoms with Crippen molar-refractivity contribution in [2.24, 2.45) is 5.73 Å². The number of nitrogens with two attached hydrogens (primary N) is 1. The summed E-state index contributed by atoms with van der Waals surface area (Å²) in [6.45, 7) is 2.43. The molecule has 0 aliphatic heterocycles. The van der Waals surface area contributed by atoms with E-state index in [1.807, 2.05) is 0 Å². The second kappa shape index (κ2) is 5.12. The monoisotopic (exact) mass is 254 g/mol. The zero-order chi connectivity index (χ0) is 13.3. The molecule has 0 amide bonds. The molecule has 1 rings (SSSR count). The third-order valence-electron chi connectivity index (χ3n) is 3.12. The third-order valence-corrected chi connectivity index (χ3v) is 3.12. The lowest BCUT2D eigenvalue weighted by molar-refractivity contribution is -0.154. The second-order valence-corrected chi connectivity index (χ2v) is 5.27. The summed E-state index contributed by atoms with van der Waals surface area (Å²) in [5, 5.41) is 9.81. The van der Waals surface area contributed by atoms with Crippen molar-refractivity contribution in [2.75, 3.05) is 13.1 Å². The summed E-state index contributed by atoms with van der Waals surface area (Å²) in [5.74, 6) is 0. The predicted octanol–water partition coefficient (Wildman–Crippen LogP) is 1.50. The average molecular weight is 254 g/mol. The first kappa shape index (κ1) is 14.7. The summed E-state index contributed by atoms with van der Waals surface area (Å²) in [4.78, 5) is 1.43. The van der Waals surface area contributed by atoms with E-state index in [1.165, 1.54) is 4.90 Å². The van der Waals surface area contributed by atoms with E-state index < -0.39 is 18.3 Å². The van der Waals surface area contributed by atoms with Crippen molar-refractivity contribution in [1.82, 2.24) is 4.90 Å². The molecule has 0 aromatic rings. The Labute approximate surface area is 99.8 Å². The predicted molar refractivity (Wildman–Crippen MR) is 59.5 cm³/mol. The minimum Gasteiger partial charge on any atom is -0.389 e. The molecule has 1 aliphatic carbocycles. The van der Waals surface area contributed by atoms with Crippen molar-refractivity contribution < 1.29 is 18.3 Å². The maximum Gasteiger partial charge on any atom is 0.401 e. The normalized spacial score (nSPS) is 22.6. The maximum atomic E-state index is 12.4. The van der Waals surface area contributed by atoms with Crippen molar-refractivity contribution in [1.29, 1.82) is 0 Å². The van der Waals surface area contributed by atoms with E-state index in [-0.39, 0.29) is 25.0 Å². The molecule has 2 unspecified atom stereocenters. The summed E-state index contributed by atoms with van der Waals surface area (Å²) in [6.07, 6.45) is -2.31.